The van der Waals surface area contributed by atoms with Crippen LogP contribution < -0.4 is 0 Å². The number of hydrogen-bond acceptors (Lipinski definition) is 1. The summed E-state index contributed by atoms with van der Waals surface area (Å²) in [6, 6.07) is 0. The van der Waals surface area contributed by atoms with Crippen LogP contribution in [0.2, 0.25) is 37.8 Å². The minimum Gasteiger partial charge on any atom is -0.276 e. The summed E-state index contributed by atoms with van der Waals surface area (Å²) in [7, 11) is 1.46. The van der Waals surface area contributed by atoms with Crippen molar-refractivity contribution in [1.82, 2.24) is 0 Å². The molecule has 0 aromatic rings. The van der Waals surface area contributed by atoms with Gasteiger partial charge in [-0.25, -0.2) is 0 Å². The number of hydrogen-bond donors (Lipinski definition) is 0. The fourth-order valence-electron chi connectivity index (χ4n) is 0.844. The van der Waals surface area contributed by atoms with Crippen molar-refractivity contribution in [3.05, 3.63) is 0 Å². The fraction of sp³-hybridized carbons (Fsp3) is 1.00. The van der Waals surface area contributed by atoms with Gasteiger partial charge in [0.05, 0.1) is 14.1 Å². The van der Waals surface area contributed by atoms with Crippen molar-refractivity contribution >= 4 is 16.6 Å². The zero-order chi connectivity index (χ0) is 12.7. The summed E-state index contributed by atoms with van der Waals surface area (Å²) in [6.45, 7) is 18.6. The Bertz CT molecular complexity index is 200. The van der Waals surface area contributed by atoms with Gasteiger partial charge in [0.1, 0.15) is 0 Å². The predicted octanol–water partition coefficient (Wildman–Crippen LogP) is 3.83. The van der Waals surface area contributed by atoms with E-state index < -0.39 is 16.6 Å². The second kappa shape index (κ2) is 3.98. The molecule has 0 aliphatic carbocycles. The topological polar surface area (TPSA) is 9.23 Å². The van der Waals surface area contributed by atoms with Gasteiger partial charge in [-0.05, 0) is 37.8 Å². The Kier molecular flexibility index (Phi) is 4.08. The van der Waals surface area contributed by atoms with Crippen LogP contribution >= 0.6 is 0 Å². The smallest absolute Gasteiger partial charge is 0.276 e. The molecule has 15 heavy (non-hydrogen) atoms. The first kappa shape index (κ1) is 15.4. The lowest BCUT2D eigenvalue weighted by atomic mass is 10.2. The van der Waals surface area contributed by atoms with Crippen LogP contribution in [0.5, 0.6) is 0 Å². The number of quaternary nitrogens is 1. The highest BCUT2D eigenvalue weighted by molar-refractivity contribution is 6.75. The van der Waals surface area contributed by atoms with Gasteiger partial charge in [0.2, 0.25) is 0 Å². The second-order valence-corrected chi connectivity index (χ2v) is 17.5. The highest BCUT2D eigenvalue weighted by Crippen LogP contribution is 2.39. The maximum atomic E-state index is 6.49. The van der Waals surface area contributed by atoms with E-state index in [4.69, 9.17) is 4.53 Å². The van der Waals surface area contributed by atoms with Gasteiger partial charge in [0.15, 0.2) is 0 Å². The van der Waals surface area contributed by atoms with E-state index in [-0.39, 0.29) is 0 Å². The highest BCUT2D eigenvalue weighted by atomic mass is 28.4. The molecular formula is C11H30NOSi2+. The molecule has 0 saturated carbocycles. The quantitative estimate of drug-likeness (QED) is 0.545. The van der Waals surface area contributed by atoms with Gasteiger partial charge >= 0.3 is 8.24 Å². The monoisotopic (exact) mass is 248 g/mol. The summed E-state index contributed by atoms with van der Waals surface area (Å²) < 4.78 is 7.26. The Morgan fingerprint density at radius 1 is 0.867 bits per heavy atom. The molecule has 0 rings (SSSR count). The van der Waals surface area contributed by atoms with Crippen molar-refractivity contribution in [2.75, 3.05) is 14.1 Å². The molecule has 0 saturated heterocycles. The molecule has 0 spiro atoms. The van der Waals surface area contributed by atoms with E-state index in [1.807, 2.05) is 0 Å². The maximum Gasteiger partial charge on any atom is 0.306 e. The molecule has 0 aliphatic heterocycles. The normalized spacial score (nSPS) is 15.6. The van der Waals surface area contributed by atoms with Gasteiger partial charge in [-0.15, -0.1) is 0 Å². The van der Waals surface area contributed by atoms with E-state index in [9.17, 15) is 0 Å². The standard InChI is InChI=1S/C11H30NOSi2/c1-11(2,3)15(9,10)13-12(4,5)14(6,7)8/h1-10H3/q+1. The lowest BCUT2D eigenvalue weighted by molar-refractivity contribution is -0.974. The zero-order valence-electron chi connectivity index (χ0n) is 12.4. The molecule has 2 nitrogen and oxygen atoms in total. The van der Waals surface area contributed by atoms with Crippen LogP contribution in [0.25, 0.3) is 0 Å². The molecule has 0 heterocycles. The first-order chi connectivity index (χ1) is 6.21. The molecule has 0 amide bonds. The fourth-order valence-corrected chi connectivity index (χ4v) is 4.04. The predicted molar refractivity (Wildman–Crippen MR) is 73.7 cm³/mol. The van der Waals surface area contributed by atoms with Crippen LogP contribution in [-0.4, -0.2) is 35.0 Å². The van der Waals surface area contributed by atoms with Crippen LogP contribution in [0.15, 0.2) is 0 Å². The Hall–Kier alpha value is 0.354. The van der Waals surface area contributed by atoms with Crippen LogP contribution in [0.4, 0.5) is 0 Å². The van der Waals surface area contributed by atoms with E-state index in [0.29, 0.717) is 5.04 Å². The van der Waals surface area contributed by atoms with Crippen LogP contribution in [0.3, 0.4) is 0 Å². The van der Waals surface area contributed by atoms with Crippen molar-refractivity contribution in [2.24, 2.45) is 0 Å². The highest BCUT2D eigenvalue weighted by Gasteiger charge is 2.48. The van der Waals surface area contributed by atoms with Gasteiger partial charge < -0.3 is 0 Å². The molecule has 0 N–H and O–H groups in total. The number of rotatable bonds is 3. The molecule has 0 unspecified atom stereocenters. The molecule has 0 aromatic carbocycles. The third kappa shape index (κ3) is 3.69. The zero-order valence-corrected chi connectivity index (χ0v) is 14.4. The third-order valence-electron chi connectivity index (χ3n) is 3.88. The molecule has 4 heteroatoms. The maximum absolute atomic E-state index is 6.49. The van der Waals surface area contributed by atoms with Crippen molar-refractivity contribution in [1.29, 1.82) is 0 Å². The molecule has 0 fully saturated rings. The summed E-state index contributed by atoms with van der Waals surface area (Å²) >= 11 is 0. The number of hydroxylamine groups is 2. The average molecular weight is 249 g/mol. The summed E-state index contributed by atoms with van der Waals surface area (Å²) in [5.74, 6) is 0. The van der Waals surface area contributed by atoms with Crippen molar-refractivity contribution in [3.63, 3.8) is 0 Å². The lowest BCUT2D eigenvalue weighted by Gasteiger charge is -2.47. The molecule has 92 valence electrons. The summed E-state index contributed by atoms with van der Waals surface area (Å²) in [6.07, 6.45) is 0. The first-order valence-corrected chi connectivity index (χ1v) is 12.1. The van der Waals surface area contributed by atoms with Crippen LogP contribution in [0.1, 0.15) is 20.8 Å². The van der Waals surface area contributed by atoms with Gasteiger partial charge in [-0.3, -0.25) is 8.84 Å². The van der Waals surface area contributed by atoms with Gasteiger partial charge in [-0.2, -0.15) is 0 Å². The number of nitrogens with zero attached hydrogens (tertiary/aromatic N) is 1. The van der Waals surface area contributed by atoms with Crippen molar-refractivity contribution < 1.29 is 8.84 Å². The Balaban J connectivity index is 4.89. The Morgan fingerprint density at radius 3 is 1.40 bits per heavy atom. The van der Waals surface area contributed by atoms with Crippen molar-refractivity contribution in [2.45, 2.75) is 58.5 Å². The molecular weight excluding hydrogens is 218 g/mol. The largest absolute Gasteiger partial charge is 0.306 e. The molecule has 0 atom stereocenters. The summed E-state index contributed by atoms with van der Waals surface area (Å²) in [5.41, 5.74) is 0. The van der Waals surface area contributed by atoms with Crippen molar-refractivity contribution in [3.8, 4) is 0 Å². The Morgan fingerprint density at radius 2 is 1.20 bits per heavy atom. The van der Waals surface area contributed by atoms with E-state index in [1.165, 1.54) is 0 Å². The molecule has 0 radical (unpaired) electrons. The molecule has 0 bridgehead atoms. The Labute approximate surface area is 98.4 Å². The van der Waals surface area contributed by atoms with E-state index in [2.05, 4.69) is 67.6 Å². The average Bonchev–Trinajstić information content (AvgIpc) is 1.77. The molecule has 0 aliphatic rings. The molecule has 0 aromatic heterocycles. The van der Waals surface area contributed by atoms with Gasteiger partial charge in [-0.1, -0.05) is 20.8 Å². The second-order valence-electron chi connectivity index (χ2n) is 7.37. The van der Waals surface area contributed by atoms with Crippen LogP contribution in [0, 0.1) is 0 Å². The summed E-state index contributed by atoms with van der Waals surface area (Å²) in [4.78, 5) is 0. The SMILES string of the molecule is CC(C)(C)[Si](C)(C)O[N+](C)(C)[Si](C)(C)C. The summed E-state index contributed by atoms with van der Waals surface area (Å²) in [5, 5.41) is 0.294. The minimum atomic E-state index is -1.64. The van der Waals surface area contributed by atoms with Gasteiger partial charge in [0.25, 0.3) is 8.32 Å². The third-order valence-corrected chi connectivity index (χ3v) is 11.9. The van der Waals surface area contributed by atoms with E-state index >= 15 is 0 Å². The van der Waals surface area contributed by atoms with E-state index in [1.54, 1.807) is 0 Å². The lowest BCUT2D eigenvalue weighted by Crippen LogP contribution is -2.63. The van der Waals surface area contributed by atoms with Crippen LogP contribution in [-0.2, 0) is 4.53 Å². The van der Waals surface area contributed by atoms with E-state index in [0.717, 1.165) is 4.31 Å². The van der Waals surface area contributed by atoms with Gasteiger partial charge in [0, 0.05) is 0 Å². The minimum absolute atomic E-state index is 0.294. The first-order valence-electron chi connectivity index (χ1n) is 5.75.